The van der Waals surface area contributed by atoms with Crippen molar-refractivity contribution in [3.63, 3.8) is 0 Å². The Bertz CT molecular complexity index is 843. The molecule has 0 spiro atoms. The van der Waals surface area contributed by atoms with Gasteiger partial charge in [-0.3, -0.25) is 0 Å². The summed E-state index contributed by atoms with van der Waals surface area (Å²) in [4.78, 5) is 12.8. The highest BCUT2D eigenvalue weighted by Crippen LogP contribution is 2.37. The first-order valence-electron chi connectivity index (χ1n) is 8.43. The number of nitrogens with two attached hydrogens (primary N) is 2. The van der Waals surface area contributed by atoms with E-state index < -0.39 is 6.17 Å². The summed E-state index contributed by atoms with van der Waals surface area (Å²) in [7, 11) is 1.78. The second-order valence-electron chi connectivity index (χ2n) is 6.46. The average molecular weight is 340 g/mol. The van der Waals surface area contributed by atoms with Crippen molar-refractivity contribution in [3.05, 3.63) is 41.7 Å². The maximum atomic E-state index is 14.7. The van der Waals surface area contributed by atoms with Gasteiger partial charge in [-0.1, -0.05) is 6.07 Å². The predicted octanol–water partition coefficient (Wildman–Crippen LogP) is 2.34. The topological polar surface area (TPSA) is 83.8 Å². The summed E-state index contributed by atoms with van der Waals surface area (Å²) >= 11 is 0. The Labute approximate surface area is 146 Å². The Hall–Kier alpha value is -2.67. The lowest BCUT2D eigenvalue weighted by atomic mass is 10.0. The second kappa shape index (κ2) is 6.00. The molecule has 0 amide bonds. The molecule has 3 heterocycles. The molecule has 25 heavy (non-hydrogen) atoms. The van der Waals surface area contributed by atoms with Gasteiger partial charge in [0, 0.05) is 31.4 Å². The van der Waals surface area contributed by atoms with Crippen LogP contribution in [-0.2, 0) is 0 Å². The average Bonchev–Trinajstić information content (AvgIpc) is 3.13. The molecule has 0 radical (unpaired) electrons. The van der Waals surface area contributed by atoms with Crippen LogP contribution in [0.1, 0.15) is 24.6 Å². The smallest absolute Gasteiger partial charge is 0.199 e. The van der Waals surface area contributed by atoms with Crippen molar-refractivity contribution < 1.29 is 4.39 Å². The van der Waals surface area contributed by atoms with Crippen LogP contribution < -0.4 is 16.4 Å². The van der Waals surface area contributed by atoms with Gasteiger partial charge in [-0.15, -0.1) is 0 Å². The quantitative estimate of drug-likeness (QED) is 0.877. The molecule has 6 nitrogen and oxygen atoms in total. The van der Waals surface area contributed by atoms with Crippen LogP contribution >= 0.6 is 0 Å². The molecule has 1 unspecified atom stereocenters. The Kier molecular flexibility index (Phi) is 3.80. The first-order valence-corrected chi connectivity index (χ1v) is 8.43. The fourth-order valence-corrected chi connectivity index (χ4v) is 3.45. The van der Waals surface area contributed by atoms with Gasteiger partial charge in [-0.05, 0) is 37.1 Å². The van der Waals surface area contributed by atoms with Crippen molar-refractivity contribution in [1.82, 2.24) is 9.88 Å². The molecule has 0 aliphatic carbocycles. The van der Waals surface area contributed by atoms with Crippen molar-refractivity contribution in [1.29, 1.82) is 0 Å². The minimum atomic E-state index is -0.410. The molecule has 2 aliphatic heterocycles. The molecule has 1 aromatic heterocycles. The number of hydrogen-bond acceptors (Lipinski definition) is 6. The van der Waals surface area contributed by atoms with Crippen molar-refractivity contribution in [2.45, 2.75) is 19.0 Å². The molecule has 2 aromatic rings. The van der Waals surface area contributed by atoms with Crippen LogP contribution in [0.25, 0.3) is 11.3 Å². The Morgan fingerprint density at radius 3 is 2.68 bits per heavy atom. The first kappa shape index (κ1) is 15.8. The van der Waals surface area contributed by atoms with E-state index in [9.17, 15) is 4.39 Å². The zero-order valence-electron chi connectivity index (χ0n) is 14.1. The van der Waals surface area contributed by atoms with E-state index in [4.69, 9.17) is 11.5 Å². The fraction of sp³-hybridized carbons (Fsp3) is 0.333. The number of fused-ring (bicyclic) bond motifs is 1. The minimum Gasteiger partial charge on any atom is -0.371 e. The van der Waals surface area contributed by atoms with E-state index in [0.717, 1.165) is 37.2 Å². The van der Waals surface area contributed by atoms with E-state index in [1.165, 1.54) is 6.07 Å². The van der Waals surface area contributed by atoms with Crippen LogP contribution in [0.15, 0.2) is 35.3 Å². The highest BCUT2D eigenvalue weighted by Gasteiger charge is 2.26. The Morgan fingerprint density at radius 2 is 1.92 bits per heavy atom. The maximum Gasteiger partial charge on any atom is 0.199 e. The van der Waals surface area contributed by atoms with Crippen molar-refractivity contribution in [2.24, 2.45) is 16.5 Å². The highest BCUT2D eigenvalue weighted by atomic mass is 19.1. The van der Waals surface area contributed by atoms with Crippen molar-refractivity contribution >= 4 is 17.5 Å². The molecule has 1 atom stereocenters. The molecule has 1 fully saturated rings. The van der Waals surface area contributed by atoms with Gasteiger partial charge in [0.15, 0.2) is 11.8 Å². The van der Waals surface area contributed by atoms with Crippen molar-refractivity contribution in [3.8, 4) is 11.3 Å². The van der Waals surface area contributed by atoms with Crippen LogP contribution in [-0.4, -0.2) is 36.0 Å². The summed E-state index contributed by atoms with van der Waals surface area (Å²) in [5.74, 6) is 0.472. The fourth-order valence-electron chi connectivity index (χ4n) is 3.45. The van der Waals surface area contributed by atoms with Crippen LogP contribution in [0.4, 0.5) is 15.9 Å². The molecule has 0 saturated carbocycles. The summed E-state index contributed by atoms with van der Waals surface area (Å²) in [5, 5.41) is 0. The molecule has 1 aromatic carbocycles. The monoisotopic (exact) mass is 340 g/mol. The number of halogens is 1. The van der Waals surface area contributed by atoms with Gasteiger partial charge in [0.05, 0.1) is 11.3 Å². The van der Waals surface area contributed by atoms with Gasteiger partial charge in [0.2, 0.25) is 0 Å². The minimum absolute atomic E-state index is 0.286. The summed E-state index contributed by atoms with van der Waals surface area (Å²) < 4.78 is 14.7. The van der Waals surface area contributed by atoms with Crippen LogP contribution in [0.3, 0.4) is 0 Å². The van der Waals surface area contributed by atoms with Gasteiger partial charge in [0.1, 0.15) is 12.0 Å². The molecule has 4 N–H and O–H groups in total. The standard InChI is InChI=1S/C18H21FN6/c1-24-16(20)11-7-8-13(22-17(11)23-18(24)21)15-12(19)5-4-6-14(15)25-9-2-3-10-25/h4-8,16H,2-3,9-10,20H2,1H3,(H2,21,22,23). The molecule has 7 heteroatoms. The number of guanidine groups is 1. The van der Waals surface area contributed by atoms with E-state index in [1.807, 2.05) is 18.2 Å². The van der Waals surface area contributed by atoms with E-state index in [0.29, 0.717) is 23.0 Å². The summed E-state index contributed by atoms with van der Waals surface area (Å²) in [6.45, 7) is 1.87. The third-order valence-corrected chi connectivity index (χ3v) is 4.92. The van der Waals surface area contributed by atoms with E-state index >= 15 is 0 Å². The number of hydrogen-bond donors (Lipinski definition) is 2. The van der Waals surface area contributed by atoms with Gasteiger partial charge < -0.3 is 21.3 Å². The number of anilines is 1. The molecular weight excluding hydrogens is 319 g/mol. The SMILES string of the molecule is CN1C(N)=Nc2nc(-c3c(F)cccc3N3CCCC3)ccc2C1N. The number of aromatic nitrogens is 1. The normalized spacial score (nSPS) is 19.8. The molecule has 0 bridgehead atoms. The van der Waals surface area contributed by atoms with E-state index in [-0.39, 0.29) is 5.82 Å². The van der Waals surface area contributed by atoms with Gasteiger partial charge in [0.25, 0.3) is 0 Å². The summed E-state index contributed by atoms with van der Waals surface area (Å²) in [6.07, 6.45) is 1.83. The molecule has 2 aliphatic rings. The number of aliphatic imine (C=N–C) groups is 1. The molecule has 1 saturated heterocycles. The summed E-state index contributed by atoms with van der Waals surface area (Å²) in [6, 6.07) is 8.82. The second-order valence-corrected chi connectivity index (χ2v) is 6.46. The maximum absolute atomic E-state index is 14.7. The van der Waals surface area contributed by atoms with Crippen LogP contribution in [0.5, 0.6) is 0 Å². The largest absolute Gasteiger partial charge is 0.371 e. The highest BCUT2D eigenvalue weighted by molar-refractivity contribution is 5.84. The Morgan fingerprint density at radius 1 is 1.16 bits per heavy atom. The van der Waals surface area contributed by atoms with E-state index in [2.05, 4.69) is 14.9 Å². The lowest BCUT2D eigenvalue weighted by Gasteiger charge is -2.30. The van der Waals surface area contributed by atoms with E-state index in [1.54, 1.807) is 18.0 Å². The van der Waals surface area contributed by atoms with Gasteiger partial charge in [-0.25, -0.2) is 9.37 Å². The summed E-state index contributed by atoms with van der Waals surface area (Å²) in [5.41, 5.74) is 14.8. The number of nitrogens with zero attached hydrogens (tertiary/aromatic N) is 4. The predicted molar refractivity (Wildman–Crippen MR) is 97.1 cm³/mol. The lowest BCUT2D eigenvalue weighted by molar-refractivity contribution is 0.374. The van der Waals surface area contributed by atoms with Crippen LogP contribution in [0, 0.1) is 5.82 Å². The number of pyridine rings is 1. The van der Waals surface area contributed by atoms with Crippen molar-refractivity contribution in [2.75, 3.05) is 25.0 Å². The third kappa shape index (κ3) is 2.60. The van der Waals surface area contributed by atoms with Crippen LogP contribution in [0.2, 0.25) is 0 Å². The number of benzene rings is 1. The first-order chi connectivity index (χ1) is 12.1. The zero-order chi connectivity index (χ0) is 17.6. The molecular formula is C18H21FN6. The third-order valence-electron chi connectivity index (χ3n) is 4.92. The van der Waals surface area contributed by atoms with Gasteiger partial charge in [-0.2, -0.15) is 4.99 Å². The van der Waals surface area contributed by atoms with Gasteiger partial charge >= 0.3 is 0 Å². The molecule has 4 rings (SSSR count). The Balaban J connectivity index is 1.84. The lowest BCUT2D eigenvalue weighted by Crippen LogP contribution is -2.43. The number of rotatable bonds is 2. The molecule has 130 valence electrons. The zero-order valence-corrected chi connectivity index (χ0v) is 14.1.